The molecule has 0 fully saturated rings. The lowest BCUT2D eigenvalue weighted by atomic mass is 9.86. The van der Waals surface area contributed by atoms with Gasteiger partial charge in [-0.2, -0.15) is 0 Å². The maximum absolute atomic E-state index is 12.2. The zero-order chi connectivity index (χ0) is 19.6. The number of esters is 1. The Labute approximate surface area is 157 Å². The molecule has 2 aromatic rings. The number of pyridine rings is 1. The highest BCUT2D eigenvalue weighted by atomic mass is 16.5. The van der Waals surface area contributed by atoms with Crippen LogP contribution in [0.15, 0.2) is 30.3 Å². The minimum absolute atomic E-state index is 0.0934. The first-order valence-electron chi connectivity index (χ1n) is 8.72. The number of nitrogens with one attached hydrogen (secondary N) is 2. The Balaban J connectivity index is 2.03. The van der Waals surface area contributed by atoms with Gasteiger partial charge < -0.3 is 15.4 Å². The molecule has 1 aliphatic rings. The van der Waals surface area contributed by atoms with Gasteiger partial charge in [-0.1, -0.05) is 19.1 Å². The van der Waals surface area contributed by atoms with E-state index in [1.165, 1.54) is 7.11 Å². The Morgan fingerprint density at radius 3 is 2.81 bits per heavy atom. The molecule has 2 amide bonds. The van der Waals surface area contributed by atoms with Crippen LogP contribution in [-0.4, -0.2) is 29.9 Å². The van der Waals surface area contributed by atoms with Crippen LogP contribution < -0.4 is 10.6 Å². The average molecular weight is 367 g/mol. The summed E-state index contributed by atoms with van der Waals surface area (Å²) >= 11 is 0. The van der Waals surface area contributed by atoms with E-state index >= 15 is 0 Å². The molecule has 140 valence electrons. The second-order valence-corrected chi connectivity index (χ2v) is 6.40. The fourth-order valence-electron chi connectivity index (χ4n) is 3.12. The zero-order valence-electron chi connectivity index (χ0n) is 15.5. The van der Waals surface area contributed by atoms with E-state index in [2.05, 4.69) is 15.6 Å². The molecule has 2 N–H and O–H groups in total. The van der Waals surface area contributed by atoms with Crippen molar-refractivity contribution in [2.24, 2.45) is 0 Å². The third-order valence-corrected chi connectivity index (χ3v) is 4.55. The topological polar surface area (TPSA) is 97.4 Å². The monoisotopic (exact) mass is 367 g/mol. The number of hydrogen-bond donors (Lipinski definition) is 2. The lowest BCUT2D eigenvalue weighted by Crippen LogP contribution is -2.25. The third kappa shape index (κ3) is 3.81. The summed E-state index contributed by atoms with van der Waals surface area (Å²) in [6.45, 7) is 3.68. The summed E-state index contributed by atoms with van der Waals surface area (Å²) in [7, 11) is 1.30. The normalized spacial score (nSPS) is 15.5. The van der Waals surface area contributed by atoms with Crippen molar-refractivity contribution in [3.05, 3.63) is 52.8 Å². The van der Waals surface area contributed by atoms with Crippen LogP contribution in [-0.2, 0) is 14.3 Å². The lowest BCUT2D eigenvalue weighted by Gasteiger charge is -2.27. The number of amides is 2. The maximum atomic E-state index is 12.2. The van der Waals surface area contributed by atoms with E-state index in [0.717, 1.165) is 11.1 Å². The molecule has 1 aromatic carbocycles. The van der Waals surface area contributed by atoms with E-state index in [9.17, 15) is 14.4 Å². The Kier molecular flexibility index (Phi) is 5.21. The van der Waals surface area contributed by atoms with Gasteiger partial charge >= 0.3 is 5.97 Å². The smallest absolute Gasteiger partial charge is 0.356 e. The number of aromatic nitrogens is 1. The second-order valence-electron chi connectivity index (χ2n) is 6.40. The molecule has 1 aromatic heterocycles. The highest BCUT2D eigenvalue weighted by Crippen LogP contribution is 2.39. The molecule has 0 saturated carbocycles. The number of benzene rings is 1. The van der Waals surface area contributed by atoms with Gasteiger partial charge in [0.1, 0.15) is 5.69 Å². The van der Waals surface area contributed by atoms with Gasteiger partial charge in [0.25, 0.3) is 0 Å². The fourth-order valence-corrected chi connectivity index (χ4v) is 3.12. The van der Waals surface area contributed by atoms with Crippen molar-refractivity contribution in [3.63, 3.8) is 0 Å². The molecule has 7 heteroatoms. The van der Waals surface area contributed by atoms with Crippen molar-refractivity contribution < 1.29 is 19.1 Å². The molecule has 7 nitrogen and oxygen atoms in total. The Morgan fingerprint density at radius 1 is 1.33 bits per heavy atom. The first-order valence-corrected chi connectivity index (χ1v) is 8.72. The molecule has 1 aliphatic heterocycles. The summed E-state index contributed by atoms with van der Waals surface area (Å²) in [5.41, 5.74) is 3.91. The Bertz CT molecular complexity index is 923. The van der Waals surface area contributed by atoms with Gasteiger partial charge in [0.05, 0.1) is 7.11 Å². The summed E-state index contributed by atoms with van der Waals surface area (Å²) in [6.07, 6.45) is 0.598. The van der Waals surface area contributed by atoms with E-state index in [1.807, 2.05) is 13.0 Å². The Hall–Kier alpha value is -3.22. The van der Waals surface area contributed by atoms with Crippen molar-refractivity contribution in [1.29, 1.82) is 0 Å². The van der Waals surface area contributed by atoms with Gasteiger partial charge in [-0.3, -0.25) is 9.59 Å². The zero-order valence-corrected chi connectivity index (χ0v) is 15.5. The molecule has 1 atom stereocenters. The quantitative estimate of drug-likeness (QED) is 0.810. The molecule has 0 spiro atoms. The van der Waals surface area contributed by atoms with Gasteiger partial charge in [0, 0.05) is 35.8 Å². The van der Waals surface area contributed by atoms with Crippen LogP contribution in [0.3, 0.4) is 0 Å². The maximum Gasteiger partial charge on any atom is 0.356 e. The van der Waals surface area contributed by atoms with E-state index in [4.69, 9.17) is 4.74 Å². The van der Waals surface area contributed by atoms with E-state index in [-0.39, 0.29) is 29.8 Å². The van der Waals surface area contributed by atoms with Gasteiger partial charge in [0.2, 0.25) is 11.8 Å². The number of carbonyl (C=O) groups is 3. The predicted octanol–water partition coefficient (Wildman–Crippen LogP) is 3.00. The van der Waals surface area contributed by atoms with Crippen molar-refractivity contribution in [1.82, 2.24) is 4.98 Å². The van der Waals surface area contributed by atoms with Gasteiger partial charge in [-0.05, 0) is 36.2 Å². The summed E-state index contributed by atoms with van der Waals surface area (Å²) in [4.78, 5) is 40.1. The Morgan fingerprint density at radius 2 is 2.11 bits per heavy atom. The largest absolute Gasteiger partial charge is 0.464 e. The average Bonchev–Trinajstić information content (AvgIpc) is 2.67. The molecule has 0 saturated heterocycles. The van der Waals surface area contributed by atoms with Crippen molar-refractivity contribution in [2.45, 2.75) is 32.6 Å². The summed E-state index contributed by atoms with van der Waals surface area (Å²) in [5.74, 6) is -1.04. The van der Waals surface area contributed by atoms with Crippen LogP contribution in [0.5, 0.6) is 0 Å². The third-order valence-electron chi connectivity index (χ3n) is 4.55. The first-order chi connectivity index (χ1) is 12.9. The van der Waals surface area contributed by atoms with Gasteiger partial charge in [-0.15, -0.1) is 0 Å². The number of methoxy groups -OCH3 is 1. The van der Waals surface area contributed by atoms with Crippen LogP contribution in [0.1, 0.15) is 53.0 Å². The van der Waals surface area contributed by atoms with E-state index in [1.54, 1.807) is 31.2 Å². The SMILES string of the molecule is CCC(=O)Nc1cc2c(cc1C)C(c1cccc(C(=O)OC)n1)CC(=O)N2. The summed E-state index contributed by atoms with van der Waals surface area (Å²) < 4.78 is 4.73. The lowest BCUT2D eigenvalue weighted by molar-refractivity contribution is -0.117. The summed E-state index contributed by atoms with van der Waals surface area (Å²) in [6, 6.07) is 8.81. The van der Waals surface area contributed by atoms with Crippen molar-refractivity contribution in [3.8, 4) is 0 Å². The molecule has 2 heterocycles. The number of carbonyl (C=O) groups excluding carboxylic acids is 3. The van der Waals surface area contributed by atoms with Gasteiger partial charge in [0.15, 0.2) is 0 Å². The molecular weight excluding hydrogens is 346 g/mol. The fraction of sp³-hybridized carbons (Fsp3) is 0.300. The van der Waals surface area contributed by atoms with Crippen molar-refractivity contribution in [2.75, 3.05) is 17.7 Å². The van der Waals surface area contributed by atoms with Crippen LogP contribution >= 0.6 is 0 Å². The van der Waals surface area contributed by atoms with Crippen molar-refractivity contribution >= 4 is 29.2 Å². The van der Waals surface area contributed by atoms with E-state index in [0.29, 0.717) is 23.5 Å². The predicted molar refractivity (Wildman–Crippen MR) is 101 cm³/mol. The molecule has 27 heavy (non-hydrogen) atoms. The molecule has 0 bridgehead atoms. The first kappa shape index (κ1) is 18.6. The number of anilines is 2. The molecule has 0 radical (unpaired) electrons. The number of nitrogens with zero attached hydrogens (tertiary/aromatic N) is 1. The standard InChI is InChI=1S/C20H21N3O4/c1-4-18(24)22-16-10-17-12(8-11(16)2)13(9-19(25)23-17)14-6-5-7-15(21-14)20(26)27-3/h5-8,10,13H,4,9H2,1-3H3,(H,22,24)(H,23,25). The van der Waals surface area contributed by atoms with Crippen LogP contribution in [0.25, 0.3) is 0 Å². The highest BCUT2D eigenvalue weighted by Gasteiger charge is 2.29. The minimum Gasteiger partial charge on any atom is -0.464 e. The van der Waals surface area contributed by atoms with Crippen LogP contribution in [0.2, 0.25) is 0 Å². The molecule has 1 unspecified atom stereocenters. The highest BCUT2D eigenvalue weighted by molar-refractivity contribution is 5.98. The number of aryl methyl sites for hydroxylation is 1. The second kappa shape index (κ2) is 7.57. The molecule has 0 aliphatic carbocycles. The molecular formula is C20H21N3O4. The van der Waals surface area contributed by atoms with Crippen LogP contribution in [0.4, 0.5) is 11.4 Å². The molecule has 3 rings (SSSR count). The number of hydrogen-bond acceptors (Lipinski definition) is 5. The van der Waals surface area contributed by atoms with E-state index < -0.39 is 5.97 Å². The summed E-state index contributed by atoms with van der Waals surface area (Å²) in [5, 5.41) is 5.70. The van der Waals surface area contributed by atoms with Gasteiger partial charge in [-0.25, -0.2) is 9.78 Å². The minimum atomic E-state index is -0.522. The number of ether oxygens (including phenoxy) is 1. The number of rotatable bonds is 4. The number of fused-ring (bicyclic) bond motifs is 1. The van der Waals surface area contributed by atoms with Crippen LogP contribution in [0, 0.1) is 6.92 Å².